The van der Waals surface area contributed by atoms with Crippen LogP contribution in [-0.4, -0.2) is 28.5 Å². The van der Waals surface area contributed by atoms with E-state index in [1.54, 1.807) is 0 Å². The van der Waals surface area contributed by atoms with Crippen LogP contribution in [-0.2, 0) is 30.0 Å². The van der Waals surface area contributed by atoms with Gasteiger partial charge in [-0.3, -0.25) is 29.3 Å². The van der Waals surface area contributed by atoms with Crippen LogP contribution in [0.4, 0.5) is 11.4 Å². The highest BCUT2D eigenvalue weighted by molar-refractivity contribution is 6.39. The Labute approximate surface area is 299 Å². The fraction of sp³-hybridized carbons (Fsp3) is 0.163. The van der Waals surface area contributed by atoms with Crippen LogP contribution in [0, 0.1) is 35.8 Å². The molecule has 1 aliphatic heterocycles. The highest BCUT2D eigenvalue weighted by atomic mass is 16.6. The van der Waals surface area contributed by atoms with Crippen LogP contribution in [0.3, 0.4) is 0 Å². The Kier molecular flexibility index (Phi) is 7.42. The second-order valence-corrected chi connectivity index (χ2v) is 13.6. The molecular weight excluding hydrogens is 656 g/mol. The number of amides is 2. The number of rotatable bonds is 7. The zero-order chi connectivity index (χ0) is 36.5. The smallest absolute Gasteiger partial charge is 0.313 e. The van der Waals surface area contributed by atoms with Gasteiger partial charge in [0, 0.05) is 13.0 Å². The minimum absolute atomic E-state index is 0.0564. The molecule has 9 heteroatoms. The summed E-state index contributed by atoms with van der Waals surface area (Å²) in [5.41, 5.74) is 2.07. The number of benzene rings is 5. The van der Waals surface area contributed by atoms with Gasteiger partial charge < -0.3 is 4.74 Å². The van der Waals surface area contributed by atoms with Crippen LogP contribution in [0.25, 0.3) is 11.1 Å². The summed E-state index contributed by atoms with van der Waals surface area (Å²) < 4.78 is 5.08. The van der Waals surface area contributed by atoms with Gasteiger partial charge in [-0.1, -0.05) is 120 Å². The Morgan fingerprint density at radius 2 is 1.12 bits per heavy atom. The minimum atomic E-state index is -1.62. The van der Waals surface area contributed by atoms with Crippen molar-refractivity contribution in [3.05, 3.63) is 171 Å². The third kappa shape index (κ3) is 4.35. The molecule has 1 saturated carbocycles. The summed E-state index contributed by atoms with van der Waals surface area (Å²) in [5.74, 6) is -5.04. The number of hydrogen-bond acceptors (Lipinski definition) is 7. The number of ether oxygens (including phenoxy) is 1. The third-order valence-electron chi connectivity index (χ3n) is 10.8. The maximum absolute atomic E-state index is 16.1. The van der Waals surface area contributed by atoms with Gasteiger partial charge in [0.05, 0.1) is 33.3 Å². The predicted molar refractivity (Wildman–Crippen MR) is 194 cm³/mol. The first-order chi connectivity index (χ1) is 25.0. The second kappa shape index (κ2) is 11.8. The first-order valence-corrected chi connectivity index (χ1v) is 16.9. The average molecular weight is 689 g/mol. The Balaban J connectivity index is 1.49. The molecule has 2 amide bonds. The van der Waals surface area contributed by atoms with Crippen molar-refractivity contribution in [1.82, 2.24) is 0 Å². The first-order valence-electron chi connectivity index (χ1n) is 16.9. The van der Waals surface area contributed by atoms with E-state index in [0.29, 0.717) is 22.3 Å². The number of nitro benzene ring substituents is 1. The van der Waals surface area contributed by atoms with E-state index >= 15 is 14.4 Å². The number of carbonyl (C=O) groups is 4. The van der Waals surface area contributed by atoms with Crippen LogP contribution < -0.4 is 9.64 Å². The van der Waals surface area contributed by atoms with E-state index in [1.807, 2.05) is 123 Å². The standard InChI is InChI=1S/C43H32N2O7/c1-25-14-18-28(19-15-25)35-36(29-20-16-26(2)17-21-29)43(31-12-8-5-9-13-31)38-37(42(35,41(43)49)30-10-6-4-7-11-30)39(47)44(40(38)48)32-22-23-34(52-27(3)46)33(24-32)45(50)51/h4-24,37-38H,1-3H3/t37-,38+,42-,43-/m0/s1. The largest absolute Gasteiger partial charge is 0.419 e. The number of nitro groups is 1. The maximum Gasteiger partial charge on any atom is 0.313 e. The fourth-order valence-electron chi connectivity index (χ4n) is 8.85. The summed E-state index contributed by atoms with van der Waals surface area (Å²) in [7, 11) is 0. The van der Waals surface area contributed by atoms with Crippen molar-refractivity contribution in [3.8, 4) is 5.75 Å². The summed E-state index contributed by atoms with van der Waals surface area (Å²) in [5, 5.41) is 12.2. The third-order valence-corrected chi connectivity index (χ3v) is 10.8. The molecule has 2 aliphatic carbocycles. The number of allylic oxidation sites excluding steroid dienone is 2. The molecule has 256 valence electrons. The van der Waals surface area contributed by atoms with Crippen LogP contribution in [0.1, 0.15) is 40.3 Å². The van der Waals surface area contributed by atoms with Gasteiger partial charge >= 0.3 is 11.7 Å². The summed E-state index contributed by atoms with van der Waals surface area (Å²) >= 11 is 0. The van der Waals surface area contributed by atoms with Gasteiger partial charge in [-0.15, -0.1) is 0 Å². The molecule has 3 aliphatic rings. The zero-order valence-electron chi connectivity index (χ0n) is 28.5. The Hall–Kier alpha value is -6.48. The first kappa shape index (κ1) is 32.7. The van der Waals surface area contributed by atoms with Crippen molar-refractivity contribution in [2.24, 2.45) is 11.8 Å². The van der Waals surface area contributed by atoms with Gasteiger partial charge in [-0.2, -0.15) is 0 Å². The van der Waals surface area contributed by atoms with E-state index in [4.69, 9.17) is 4.74 Å². The summed E-state index contributed by atoms with van der Waals surface area (Å²) in [4.78, 5) is 70.7. The number of anilines is 1. The molecular formula is C43H32N2O7. The minimum Gasteiger partial charge on any atom is -0.419 e. The van der Waals surface area contributed by atoms with Gasteiger partial charge in [0.1, 0.15) is 0 Å². The van der Waals surface area contributed by atoms with Gasteiger partial charge in [-0.25, -0.2) is 4.90 Å². The average Bonchev–Trinajstić information content (AvgIpc) is 3.65. The highest BCUT2D eigenvalue weighted by Crippen LogP contribution is 2.74. The molecule has 1 heterocycles. The fourth-order valence-corrected chi connectivity index (χ4v) is 8.85. The molecule has 5 aromatic rings. The molecule has 5 aromatic carbocycles. The normalized spacial score (nSPS) is 23.3. The van der Waals surface area contributed by atoms with Gasteiger partial charge in [-0.05, 0) is 59.4 Å². The van der Waals surface area contributed by atoms with Gasteiger partial charge in [0.2, 0.25) is 17.6 Å². The van der Waals surface area contributed by atoms with E-state index < -0.39 is 51.1 Å². The number of carbonyl (C=O) groups excluding carboxylic acids is 4. The van der Waals surface area contributed by atoms with Crippen LogP contribution in [0.5, 0.6) is 5.75 Å². The molecule has 8 rings (SSSR count). The molecule has 2 fully saturated rings. The molecule has 9 nitrogen and oxygen atoms in total. The predicted octanol–water partition coefficient (Wildman–Crippen LogP) is 7.33. The van der Waals surface area contributed by atoms with Crippen molar-refractivity contribution >= 4 is 46.1 Å². The quantitative estimate of drug-likeness (QED) is 0.0577. The van der Waals surface area contributed by atoms with Crippen molar-refractivity contribution in [2.75, 3.05) is 4.90 Å². The van der Waals surface area contributed by atoms with E-state index in [-0.39, 0.29) is 17.2 Å². The second-order valence-electron chi connectivity index (χ2n) is 13.6. The Morgan fingerprint density at radius 1 is 0.673 bits per heavy atom. The summed E-state index contributed by atoms with van der Waals surface area (Å²) in [6.07, 6.45) is 0. The Bertz CT molecular complexity index is 2240. The summed E-state index contributed by atoms with van der Waals surface area (Å²) in [6.45, 7) is 5.07. The lowest BCUT2D eigenvalue weighted by molar-refractivity contribution is -0.385. The SMILES string of the molecule is CC(=O)Oc1ccc(N2C(=O)[C@@H]3[C@H](C2=O)[C@@]2(c4ccccc4)C(=O)[C@@]3(c3ccccc3)C(c3ccc(C)cc3)=C2c2ccc(C)cc2)cc1[N+](=O)[O-]. The van der Waals surface area contributed by atoms with Crippen molar-refractivity contribution in [3.63, 3.8) is 0 Å². The van der Waals surface area contributed by atoms with Crippen LogP contribution in [0.2, 0.25) is 0 Å². The number of hydrogen-bond donors (Lipinski definition) is 0. The van der Waals surface area contributed by atoms with Gasteiger partial charge in [0.15, 0.2) is 5.78 Å². The molecule has 0 spiro atoms. The number of fused-ring (bicyclic) bond motifs is 5. The van der Waals surface area contributed by atoms with Crippen molar-refractivity contribution < 1.29 is 28.8 Å². The van der Waals surface area contributed by atoms with E-state index in [0.717, 1.165) is 40.1 Å². The maximum atomic E-state index is 16.1. The highest BCUT2D eigenvalue weighted by Gasteiger charge is 2.82. The number of aryl methyl sites for hydroxylation is 2. The lowest BCUT2D eigenvalue weighted by atomic mass is 9.59. The number of ketones is 1. The van der Waals surface area contributed by atoms with Gasteiger partial charge in [0.25, 0.3) is 0 Å². The molecule has 2 bridgehead atoms. The van der Waals surface area contributed by atoms with Crippen molar-refractivity contribution in [1.29, 1.82) is 0 Å². The van der Waals surface area contributed by atoms with E-state index in [9.17, 15) is 14.9 Å². The number of nitrogens with zero attached hydrogens (tertiary/aromatic N) is 2. The monoisotopic (exact) mass is 688 g/mol. The molecule has 4 atom stereocenters. The summed E-state index contributed by atoms with van der Waals surface area (Å²) in [6, 6.07) is 37.6. The molecule has 0 aromatic heterocycles. The van der Waals surface area contributed by atoms with Crippen LogP contribution >= 0.6 is 0 Å². The zero-order valence-corrected chi connectivity index (χ0v) is 28.5. The molecule has 0 N–H and O–H groups in total. The van der Waals surface area contributed by atoms with E-state index in [2.05, 4.69) is 0 Å². The topological polar surface area (TPSA) is 124 Å². The lowest BCUT2D eigenvalue weighted by Gasteiger charge is -2.39. The number of imide groups is 1. The number of Topliss-reactive ketones (excluding diaryl/α,β-unsaturated/α-hetero) is 1. The lowest BCUT2D eigenvalue weighted by Crippen LogP contribution is -2.45. The van der Waals surface area contributed by atoms with E-state index in [1.165, 1.54) is 12.1 Å². The molecule has 1 saturated heterocycles. The van der Waals surface area contributed by atoms with Crippen molar-refractivity contribution in [2.45, 2.75) is 31.6 Å². The Morgan fingerprint density at radius 3 is 1.52 bits per heavy atom. The number of esters is 1. The molecule has 0 radical (unpaired) electrons. The molecule has 52 heavy (non-hydrogen) atoms. The van der Waals surface area contributed by atoms with Crippen LogP contribution in [0.15, 0.2) is 127 Å². The molecule has 0 unspecified atom stereocenters.